The Labute approximate surface area is 208 Å². The number of pyridine rings is 1. The molecule has 0 saturated carbocycles. The van der Waals surface area contributed by atoms with Crippen molar-refractivity contribution in [2.45, 2.75) is 38.2 Å². The fraction of sp³-hybridized carbons (Fsp3) is 0.360. The second kappa shape index (κ2) is 10.8. The standard InChI is InChI=1S/C25H28N4O5S/c1-14(30)28-25-29-19-6-4-5-18(23(32)24(19)35-25)22(31)16-8-10-21(27-13-16)26-12-15-7-9-17(33-2)11-20(15)34-3/h7-11,13,18,25,29H,4-6,12H2,1-3H3,(H,26,27)(H,28,30). The summed E-state index contributed by atoms with van der Waals surface area (Å²) in [5.74, 6) is 0.648. The topological polar surface area (TPSA) is 119 Å². The van der Waals surface area contributed by atoms with Crippen LogP contribution >= 0.6 is 11.8 Å². The summed E-state index contributed by atoms with van der Waals surface area (Å²) in [7, 11) is 3.20. The van der Waals surface area contributed by atoms with Crippen LogP contribution in [-0.2, 0) is 16.1 Å². The molecule has 0 spiro atoms. The summed E-state index contributed by atoms with van der Waals surface area (Å²) < 4.78 is 10.6. The van der Waals surface area contributed by atoms with Crippen molar-refractivity contribution < 1.29 is 23.9 Å². The van der Waals surface area contributed by atoms with E-state index in [1.807, 2.05) is 18.2 Å². The number of nitrogens with zero attached hydrogens (tertiary/aromatic N) is 1. The lowest BCUT2D eigenvalue weighted by Crippen LogP contribution is -2.38. The van der Waals surface area contributed by atoms with Crippen LogP contribution in [0.2, 0.25) is 0 Å². The summed E-state index contributed by atoms with van der Waals surface area (Å²) in [6.45, 7) is 1.91. The van der Waals surface area contributed by atoms with Crippen molar-refractivity contribution in [1.29, 1.82) is 0 Å². The highest BCUT2D eigenvalue weighted by molar-refractivity contribution is 8.04. The average molecular weight is 497 g/mol. The number of hydrogen-bond donors (Lipinski definition) is 3. The molecule has 2 aliphatic rings. The van der Waals surface area contributed by atoms with Crippen molar-refractivity contribution in [3.63, 3.8) is 0 Å². The predicted octanol–water partition coefficient (Wildman–Crippen LogP) is 3.23. The molecule has 0 bridgehead atoms. The largest absolute Gasteiger partial charge is 0.497 e. The number of ether oxygens (including phenoxy) is 2. The number of anilines is 1. The van der Waals surface area contributed by atoms with Crippen molar-refractivity contribution in [3.05, 3.63) is 58.3 Å². The molecule has 1 aliphatic carbocycles. The SMILES string of the molecule is COc1ccc(CNc2ccc(C(=O)C3CCCC4=C(SC(NC(C)=O)N4)C3=O)cn2)c(OC)c1. The highest BCUT2D eigenvalue weighted by atomic mass is 32.2. The zero-order valence-corrected chi connectivity index (χ0v) is 20.7. The Morgan fingerprint density at radius 2 is 2.03 bits per heavy atom. The van der Waals surface area contributed by atoms with E-state index in [1.165, 1.54) is 24.9 Å². The monoisotopic (exact) mass is 496 g/mol. The third-order valence-electron chi connectivity index (χ3n) is 5.93. The van der Waals surface area contributed by atoms with Gasteiger partial charge in [0, 0.05) is 42.6 Å². The molecule has 2 aromatic rings. The number of ketones is 2. The van der Waals surface area contributed by atoms with Crippen molar-refractivity contribution >= 4 is 35.1 Å². The lowest BCUT2D eigenvalue weighted by atomic mass is 9.91. The average Bonchev–Trinajstić information content (AvgIpc) is 3.19. The van der Waals surface area contributed by atoms with E-state index in [4.69, 9.17) is 9.47 Å². The van der Waals surface area contributed by atoms with E-state index in [0.717, 1.165) is 11.3 Å². The number of Topliss-reactive ketones (excluding diaryl/α,β-unsaturated/α-hetero) is 2. The molecule has 3 N–H and O–H groups in total. The van der Waals surface area contributed by atoms with Crippen molar-refractivity contribution in [2.75, 3.05) is 19.5 Å². The summed E-state index contributed by atoms with van der Waals surface area (Å²) in [5, 5.41) is 9.17. The maximum Gasteiger partial charge on any atom is 0.219 e. The van der Waals surface area contributed by atoms with Gasteiger partial charge in [0.25, 0.3) is 0 Å². The Hall–Kier alpha value is -3.53. The molecule has 35 heavy (non-hydrogen) atoms. The van der Waals surface area contributed by atoms with Crippen molar-refractivity contribution in [3.8, 4) is 11.5 Å². The molecule has 1 aromatic carbocycles. The van der Waals surface area contributed by atoms with E-state index in [0.29, 0.717) is 53.6 Å². The van der Waals surface area contributed by atoms with Gasteiger partial charge in [-0.2, -0.15) is 0 Å². The van der Waals surface area contributed by atoms with E-state index in [1.54, 1.807) is 26.4 Å². The van der Waals surface area contributed by atoms with Crippen LogP contribution in [0.15, 0.2) is 47.1 Å². The van der Waals surface area contributed by atoms with Crippen LogP contribution in [0.4, 0.5) is 5.82 Å². The van der Waals surface area contributed by atoms with Gasteiger partial charge in [0.2, 0.25) is 5.91 Å². The van der Waals surface area contributed by atoms with Crippen LogP contribution in [0.5, 0.6) is 11.5 Å². The molecule has 0 saturated heterocycles. The molecule has 10 heteroatoms. The van der Waals surface area contributed by atoms with E-state index in [2.05, 4.69) is 20.9 Å². The number of rotatable bonds is 8. The van der Waals surface area contributed by atoms with Crippen molar-refractivity contribution in [2.24, 2.45) is 5.92 Å². The van der Waals surface area contributed by atoms with Gasteiger partial charge in [-0.15, -0.1) is 0 Å². The summed E-state index contributed by atoms with van der Waals surface area (Å²) in [4.78, 5) is 42.7. The molecular weight excluding hydrogens is 468 g/mol. The minimum atomic E-state index is -0.753. The number of benzene rings is 1. The normalized spacial score (nSPS) is 19.3. The van der Waals surface area contributed by atoms with Crippen LogP contribution < -0.4 is 25.4 Å². The van der Waals surface area contributed by atoms with Gasteiger partial charge in [-0.1, -0.05) is 11.8 Å². The Kier molecular flexibility index (Phi) is 7.60. The first kappa shape index (κ1) is 24.6. The fourth-order valence-corrected chi connectivity index (χ4v) is 5.36. The molecule has 1 amide bonds. The van der Waals surface area contributed by atoms with Crippen LogP contribution in [0, 0.1) is 5.92 Å². The summed E-state index contributed by atoms with van der Waals surface area (Å²) >= 11 is 1.26. The Balaban J connectivity index is 1.41. The van der Waals surface area contributed by atoms with E-state index >= 15 is 0 Å². The molecule has 2 unspecified atom stereocenters. The molecule has 4 rings (SSSR count). The molecule has 2 atom stereocenters. The van der Waals surface area contributed by atoms with Gasteiger partial charge in [-0.3, -0.25) is 14.4 Å². The van der Waals surface area contributed by atoms with Gasteiger partial charge in [0.05, 0.1) is 25.0 Å². The Morgan fingerprint density at radius 3 is 2.71 bits per heavy atom. The summed E-state index contributed by atoms with van der Waals surface area (Å²) in [6.07, 6.45) is 3.36. The number of aromatic nitrogens is 1. The fourth-order valence-electron chi connectivity index (χ4n) is 4.14. The maximum absolute atomic E-state index is 13.2. The zero-order valence-electron chi connectivity index (χ0n) is 19.8. The molecule has 9 nitrogen and oxygen atoms in total. The van der Waals surface area contributed by atoms with Gasteiger partial charge in [-0.05, 0) is 43.5 Å². The molecule has 0 radical (unpaired) electrons. The van der Waals surface area contributed by atoms with Crippen LogP contribution in [0.25, 0.3) is 0 Å². The summed E-state index contributed by atoms with van der Waals surface area (Å²) in [5.41, 5.74) is 1.75. The summed E-state index contributed by atoms with van der Waals surface area (Å²) in [6, 6.07) is 9.00. The quantitative estimate of drug-likeness (QED) is 0.374. The smallest absolute Gasteiger partial charge is 0.219 e. The zero-order chi connectivity index (χ0) is 24.9. The number of allylic oxidation sites excluding steroid dienone is 2. The molecule has 1 aromatic heterocycles. The van der Waals surface area contributed by atoms with E-state index in [-0.39, 0.29) is 23.0 Å². The second-order valence-electron chi connectivity index (χ2n) is 8.29. The first-order valence-corrected chi connectivity index (χ1v) is 12.2. The predicted molar refractivity (Wildman–Crippen MR) is 133 cm³/mol. The molecule has 184 valence electrons. The van der Waals surface area contributed by atoms with E-state index < -0.39 is 5.92 Å². The minimum Gasteiger partial charge on any atom is -0.497 e. The van der Waals surface area contributed by atoms with Gasteiger partial charge in [0.1, 0.15) is 17.3 Å². The number of nitrogens with one attached hydrogen (secondary N) is 3. The van der Waals surface area contributed by atoms with Gasteiger partial charge in [-0.25, -0.2) is 4.98 Å². The number of hydrogen-bond acceptors (Lipinski definition) is 9. The third kappa shape index (κ3) is 5.59. The van der Waals surface area contributed by atoms with Crippen LogP contribution in [-0.4, -0.2) is 42.2 Å². The van der Waals surface area contributed by atoms with Crippen molar-refractivity contribution in [1.82, 2.24) is 15.6 Å². The number of thioether (sulfide) groups is 1. The van der Waals surface area contributed by atoms with Crippen LogP contribution in [0.1, 0.15) is 42.1 Å². The Morgan fingerprint density at radius 1 is 1.20 bits per heavy atom. The van der Waals surface area contributed by atoms with E-state index in [9.17, 15) is 14.4 Å². The highest BCUT2D eigenvalue weighted by Crippen LogP contribution is 2.38. The lowest BCUT2D eigenvalue weighted by Gasteiger charge is -2.16. The highest BCUT2D eigenvalue weighted by Gasteiger charge is 2.38. The first-order chi connectivity index (χ1) is 16.9. The van der Waals surface area contributed by atoms with Gasteiger partial charge >= 0.3 is 0 Å². The third-order valence-corrected chi connectivity index (χ3v) is 7.08. The molecule has 1 aliphatic heterocycles. The lowest BCUT2D eigenvalue weighted by molar-refractivity contribution is -0.119. The number of methoxy groups -OCH3 is 2. The minimum absolute atomic E-state index is 0.182. The molecule has 2 heterocycles. The number of carbonyl (C=O) groups is 3. The number of amides is 1. The first-order valence-electron chi connectivity index (χ1n) is 11.3. The second-order valence-corrected chi connectivity index (χ2v) is 9.40. The molecule has 0 fully saturated rings. The molecular formula is C25H28N4O5S. The Bertz CT molecular complexity index is 1160. The number of carbonyl (C=O) groups excluding carboxylic acids is 3. The maximum atomic E-state index is 13.2. The van der Waals surface area contributed by atoms with Gasteiger partial charge in [0.15, 0.2) is 17.1 Å². The van der Waals surface area contributed by atoms with Crippen LogP contribution in [0.3, 0.4) is 0 Å². The van der Waals surface area contributed by atoms with Gasteiger partial charge < -0.3 is 25.4 Å².